The summed E-state index contributed by atoms with van der Waals surface area (Å²) in [6, 6.07) is 14.4. The molecule has 3 aromatic rings. The lowest BCUT2D eigenvalue weighted by molar-refractivity contribution is -0.138. The van der Waals surface area contributed by atoms with Crippen LogP contribution in [0.2, 0.25) is 0 Å². The third kappa shape index (κ3) is 5.78. The third-order valence-electron chi connectivity index (χ3n) is 8.30. The second-order valence-electron chi connectivity index (χ2n) is 11.2. The van der Waals surface area contributed by atoms with Gasteiger partial charge in [0.25, 0.3) is 0 Å². The number of rotatable bonds is 8. The second kappa shape index (κ2) is 11.1. The molecular weight excluding hydrogens is 553 g/mol. The van der Waals surface area contributed by atoms with Gasteiger partial charge in [-0.05, 0) is 59.4 Å². The Balaban J connectivity index is 1.24. The van der Waals surface area contributed by atoms with E-state index in [4.69, 9.17) is 24.1 Å². The van der Waals surface area contributed by atoms with E-state index in [2.05, 4.69) is 0 Å². The van der Waals surface area contributed by atoms with Crippen molar-refractivity contribution in [3.8, 4) is 28.4 Å². The fourth-order valence-corrected chi connectivity index (χ4v) is 6.06. The summed E-state index contributed by atoms with van der Waals surface area (Å²) >= 11 is 0. The van der Waals surface area contributed by atoms with E-state index >= 15 is 0 Å². The average molecular weight is 585 g/mol. The van der Waals surface area contributed by atoms with Gasteiger partial charge in [-0.15, -0.1) is 0 Å². The highest BCUT2D eigenvalue weighted by Crippen LogP contribution is 2.47. The molecule has 2 heterocycles. The van der Waals surface area contributed by atoms with Crippen molar-refractivity contribution in [3.63, 3.8) is 0 Å². The maximum atomic E-state index is 14.2. The molecule has 3 aromatic carbocycles. The monoisotopic (exact) mass is 584 g/mol. The number of benzene rings is 3. The van der Waals surface area contributed by atoms with Crippen LogP contribution in [0.1, 0.15) is 60.0 Å². The number of fused-ring (bicyclic) bond motifs is 2. The molecule has 1 aliphatic carbocycles. The number of carboxylic acids is 1. The van der Waals surface area contributed by atoms with Gasteiger partial charge in [0, 0.05) is 43.6 Å². The van der Waals surface area contributed by atoms with Crippen LogP contribution in [-0.4, -0.2) is 48.2 Å². The summed E-state index contributed by atoms with van der Waals surface area (Å²) < 4.78 is 65.6. The van der Waals surface area contributed by atoms with Crippen molar-refractivity contribution in [1.29, 1.82) is 0 Å². The lowest BCUT2D eigenvalue weighted by Gasteiger charge is -2.31. The zero-order chi connectivity index (χ0) is 29.5. The maximum Gasteiger partial charge on any atom is 0.417 e. The number of hydrogen-bond donors (Lipinski definition) is 2. The predicted molar refractivity (Wildman–Crippen MR) is 146 cm³/mol. The van der Waals surface area contributed by atoms with Crippen molar-refractivity contribution in [2.75, 3.05) is 26.4 Å². The largest absolute Gasteiger partial charge is 0.492 e. The highest BCUT2D eigenvalue weighted by atomic mass is 19.4. The standard InChI is InChI=1S/C32H31F3O7/c33-32(34,35)26-9-7-24-25(30(26)19-1-3-21(4-2-19)41-18-31(38)11-13-39-14-12-31)8-10-27(24)42-22-5-6-23-20(15-29(36)37)17-40-28(23)16-22/h1-7,9,16,20,27,38H,8,10-15,17-18H2,(H,36,37)/t20-,27?/m1/s1. The summed E-state index contributed by atoms with van der Waals surface area (Å²) in [5.41, 5.74) is 0.970. The van der Waals surface area contributed by atoms with E-state index in [1.165, 1.54) is 6.07 Å². The molecule has 222 valence electrons. The highest BCUT2D eigenvalue weighted by molar-refractivity contribution is 5.75. The molecule has 1 fully saturated rings. The van der Waals surface area contributed by atoms with Gasteiger partial charge in [-0.2, -0.15) is 13.2 Å². The number of carboxylic acid groups (broad SMARTS) is 1. The van der Waals surface area contributed by atoms with Gasteiger partial charge in [-0.25, -0.2) is 0 Å². The first-order chi connectivity index (χ1) is 20.1. The van der Waals surface area contributed by atoms with Gasteiger partial charge < -0.3 is 29.2 Å². The van der Waals surface area contributed by atoms with Crippen LogP contribution in [0.3, 0.4) is 0 Å². The molecule has 10 heteroatoms. The summed E-state index contributed by atoms with van der Waals surface area (Å²) in [5.74, 6) is 0.410. The topological polar surface area (TPSA) is 94.5 Å². The molecule has 2 aliphatic heterocycles. The van der Waals surface area contributed by atoms with Crippen LogP contribution in [0.15, 0.2) is 54.6 Å². The summed E-state index contributed by atoms with van der Waals surface area (Å²) in [6.45, 7) is 1.27. The number of aliphatic hydroxyl groups is 1. The molecule has 0 aromatic heterocycles. The Morgan fingerprint density at radius 2 is 1.71 bits per heavy atom. The second-order valence-corrected chi connectivity index (χ2v) is 11.2. The number of hydrogen-bond acceptors (Lipinski definition) is 6. The van der Waals surface area contributed by atoms with Gasteiger partial charge in [0.15, 0.2) is 0 Å². The molecule has 42 heavy (non-hydrogen) atoms. The molecule has 2 N–H and O–H groups in total. The van der Waals surface area contributed by atoms with E-state index in [9.17, 15) is 23.1 Å². The van der Waals surface area contributed by atoms with Crippen LogP contribution >= 0.6 is 0 Å². The molecule has 0 radical (unpaired) electrons. The molecule has 0 bridgehead atoms. The molecule has 6 rings (SSSR count). The summed E-state index contributed by atoms with van der Waals surface area (Å²) in [6.07, 6.45) is -3.18. The Bertz CT molecular complexity index is 1460. The lowest BCUT2D eigenvalue weighted by atomic mass is 9.91. The molecule has 7 nitrogen and oxygen atoms in total. The van der Waals surface area contributed by atoms with Crippen LogP contribution < -0.4 is 14.2 Å². The maximum absolute atomic E-state index is 14.2. The summed E-state index contributed by atoms with van der Waals surface area (Å²) in [7, 11) is 0. The first kappa shape index (κ1) is 28.4. The van der Waals surface area contributed by atoms with E-state index in [0.717, 1.165) is 11.6 Å². The average Bonchev–Trinajstić information content (AvgIpc) is 3.55. The van der Waals surface area contributed by atoms with Crippen molar-refractivity contribution in [2.24, 2.45) is 0 Å². The van der Waals surface area contributed by atoms with Gasteiger partial charge in [-0.3, -0.25) is 4.79 Å². The van der Waals surface area contributed by atoms with Crippen molar-refractivity contribution < 1.29 is 47.1 Å². The smallest absolute Gasteiger partial charge is 0.417 e. The predicted octanol–water partition coefficient (Wildman–Crippen LogP) is 6.31. The van der Waals surface area contributed by atoms with Crippen molar-refractivity contribution in [3.05, 3.63) is 76.9 Å². The minimum atomic E-state index is -4.55. The van der Waals surface area contributed by atoms with Gasteiger partial charge in [0.05, 0.1) is 18.6 Å². The molecular formula is C32H31F3O7. The van der Waals surface area contributed by atoms with Gasteiger partial charge in [0.2, 0.25) is 0 Å². The molecule has 1 saturated heterocycles. The van der Waals surface area contributed by atoms with Gasteiger partial charge >= 0.3 is 12.1 Å². The van der Waals surface area contributed by atoms with Crippen molar-refractivity contribution >= 4 is 5.97 Å². The SMILES string of the molecule is O=C(O)C[C@@H]1COc2cc(OC3CCc4c3ccc(C(F)(F)F)c4-c3ccc(OCC4(O)CCOCC4)cc3)ccc21. The van der Waals surface area contributed by atoms with Crippen LogP contribution in [0, 0.1) is 0 Å². The Labute approximate surface area is 240 Å². The molecule has 0 saturated carbocycles. The number of carbonyl (C=O) groups is 1. The van der Waals surface area contributed by atoms with E-state index in [1.807, 2.05) is 0 Å². The van der Waals surface area contributed by atoms with E-state index in [0.29, 0.717) is 72.8 Å². The lowest BCUT2D eigenvalue weighted by Crippen LogP contribution is -2.41. The highest BCUT2D eigenvalue weighted by Gasteiger charge is 2.38. The normalized spacial score (nSPS) is 20.9. The molecule has 0 spiro atoms. The minimum absolute atomic E-state index is 0.0295. The quantitative estimate of drug-likeness (QED) is 0.321. The van der Waals surface area contributed by atoms with Crippen LogP contribution in [0.4, 0.5) is 13.2 Å². The van der Waals surface area contributed by atoms with Gasteiger partial charge in [0.1, 0.15) is 35.6 Å². The number of aliphatic carboxylic acids is 1. The Morgan fingerprint density at radius 1 is 1.00 bits per heavy atom. The van der Waals surface area contributed by atoms with E-state index in [1.54, 1.807) is 42.5 Å². The zero-order valence-electron chi connectivity index (χ0n) is 22.8. The van der Waals surface area contributed by atoms with Crippen LogP contribution in [0.25, 0.3) is 11.1 Å². The first-order valence-electron chi connectivity index (χ1n) is 14.0. The van der Waals surface area contributed by atoms with Crippen molar-refractivity contribution in [1.82, 2.24) is 0 Å². The summed E-state index contributed by atoms with van der Waals surface area (Å²) in [5, 5.41) is 19.8. The fourth-order valence-electron chi connectivity index (χ4n) is 6.06. The van der Waals surface area contributed by atoms with Crippen LogP contribution in [-0.2, 0) is 22.1 Å². The molecule has 3 aliphatic rings. The van der Waals surface area contributed by atoms with Crippen LogP contribution in [0.5, 0.6) is 17.2 Å². The first-order valence-corrected chi connectivity index (χ1v) is 14.0. The summed E-state index contributed by atoms with van der Waals surface area (Å²) in [4.78, 5) is 11.1. The minimum Gasteiger partial charge on any atom is -0.492 e. The third-order valence-corrected chi connectivity index (χ3v) is 8.30. The Kier molecular flexibility index (Phi) is 7.53. The van der Waals surface area contributed by atoms with Crippen molar-refractivity contribution in [2.45, 2.75) is 55.9 Å². The molecule has 0 amide bonds. The zero-order valence-corrected chi connectivity index (χ0v) is 22.8. The van der Waals surface area contributed by atoms with E-state index < -0.39 is 29.4 Å². The van der Waals surface area contributed by atoms with E-state index in [-0.39, 0.29) is 31.1 Å². The fraction of sp³-hybridized carbons (Fsp3) is 0.406. The molecule has 1 unspecified atom stereocenters. The number of ether oxygens (including phenoxy) is 4. The number of halogens is 3. The molecule has 2 atom stereocenters. The number of alkyl halides is 3. The Hall–Kier alpha value is -3.76. The Morgan fingerprint density at radius 3 is 2.43 bits per heavy atom. The van der Waals surface area contributed by atoms with Gasteiger partial charge in [-0.1, -0.05) is 24.3 Å².